The third-order valence-corrected chi connectivity index (χ3v) is 14.3. The number of rotatable bonds is 5. The van der Waals surface area contributed by atoms with Gasteiger partial charge in [-0.25, -0.2) is 9.97 Å². The lowest BCUT2D eigenvalue weighted by Gasteiger charge is -2.15. The van der Waals surface area contributed by atoms with Gasteiger partial charge < -0.3 is 0 Å². The van der Waals surface area contributed by atoms with Crippen molar-refractivity contribution in [3.8, 4) is 50.7 Å². The first-order chi connectivity index (χ1) is 32.7. The van der Waals surface area contributed by atoms with E-state index in [-0.39, 0.29) is 0 Å². The molecule has 0 N–H and O–H groups in total. The van der Waals surface area contributed by atoms with Crippen LogP contribution in [-0.4, -0.2) is 24.5 Å². The molecular weight excluding hydrogens is 823 g/mol. The lowest BCUT2D eigenvalue weighted by molar-refractivity contribution is 1.05. The number of pyridine rings is 2. The van der Waals surface area contributed by atoms with E-state index in [1.807, 2.05) is 24.5 Å². The Labute approximate surface area is 382 Å². The van der Waals surface area contributed by atoms with Crippen LogP contribution in [0.15, 0.2) is 212 Å². The lowest BCUT2D eigenvalue weighted by atomic mass is 9.91. The minimum Gasteiger partial charge on any atom is -0.294 e. The third kappa shape index (κ3) is 5.65. The highest BCUT2D eigenvalue weighted by molar-refractivity contribution is 7.17. The molecule has 9 aromatic carbocycles. The molecule has 14 rings (SSSR count). The molecule has 5 aromatic heterocycles. The molecule has 0 radical (unpaired) electrons. The van der Waals surface area contributed by atoms with Gasteiger partial charge in [0.15, 0.2) is 5.82 Å². The Balaban J connectivity index is 1.10. The van der Waals surface area contributed by atoms with Gasteiger partial charge in [-0.3, -0.25) is 14.5 Å². The summed E-state index contributed by atoms with van der Waals surface area (Å²) in [4.78, 5) is 20.7. The second kappa shape index (κ2) is 14.5. The van der Waals surface area contributed by atoms with E-state index in [9.17, 15) is 0 Å². The van der Waals surface area contributed by atoms with Crippen molar-refractivity contribution >= 4 is 97.4 Å². The molecule has 6 heteroatoms. The highest BCUT2D eigenvalue weighted by Crippen LogP contribution is 2.44. The number of thiophene rings is 1. The van der Waals surface area contributed by atoms with Gasteiger partial charge in [-0.1, -0.05) is 133 Å². The van der Waals surface area contributed by atoms with Crippen molar-refractivity contribution in [3.05, 3.63) is 212 Å². The molecule has 0 amide bonds. The van der Waals surface area contributed by atoms with Crippen molar-refractivity contribution < 1.29 is 0 Å². The normalized spacial score (nSPS) is 11.9. The monoisotopic (exact) mass is 857 g/mol. The fourth-order valence-electron chi connectivity index (χ4n) is 10.3. The maximum atomic E-state index is 5.53. The van der Waals surface area contributed by atoms with Crippen molar-refractivity contribution in [2.75, 3.05) is 0 Å². The largest absolute Gasteiger partial charge is 0.294 e. The molecule has 0 spiro atoms. The average molecular weight is 858 g/mol. The minimum atomic E-state index is 0.598. The molecule has 0 aliphatic heterocycles. The summed E-state index contributed by atoms with van der Waals surface area (Å²) in [7, 11) is 0. The number of benzene rings is 9. The molecule has 0 aliphatic carbocycles. The van der Waals surface area contributed by atoms with Crippen LogP contribution in [0, 0.1) is 0 Å². The number of hydrogen-bond acceptors (Lipinski definition) is 5. The van der Waals surface area contributed by atoms with E-state index in [1.54, 1.807) is 11.3 Å². The van der Waals surface area contributed by atoms with E-state index < -0.39 is 0 Å². The van der Waals surface area contributed by atoms with Gasteiger partial charge in [0, 0.05) is 55.8 Å². The molecular formula is C60H35N5S. The second-order valence-electron chi connectivity index (χ2n) is 17.0. The van der Waals surface area contributed by atoms with Gasteiger partial charge in [0.2, 0.25) is 0 Å². The Morgan fingerprint density at radius 1 is 0.364 bits per heavy atom. The highest BCUT2D eigenvalue weighted by Gasteiger charge is 2.22. The molecule has 14 aromatic rings. The molecule has 306 valence electrons. The Hall–Kier alpha value is -8.58. The molecule has 66 heavy (non-hydrogen) atoms. The molecule has 0 bridgehead atoms. The Kier molecular flexibility index (Phi) is 8.08. The maximum absolute atomic E-state index is 5.53. The van der Waals surface area contributed by atoms with Crippen LogP contribution in [0.3, 0.4) is 0 Å². The molecule has 5 heterocycles. The Bertz CT molecular complexity index is 4190. The second-order valence-corrected chi connectivity index (χ2v) is 17.9. The standard InChI is InChI=1S/C60H35N5S/c1-2-11-36(12-3-1)40-24-26-54-51(31-40)52-33-49-44-19-5-4-18-43(44)48-32-41(42-20-8-15-39-27-30-66-59(39)42)23-25-45(48)50(49)34-55(52)65(54)56-35-53(46-21-6-13-37-16-9-28-61-57(37)46)63-60(64-56)47-22-7-14-38-17-10-29-62-58(38)47/h1-35H. The summed E-state index contributed by atoms with van der Waals surface area (Å²) in [5, 5.41) is 15.2. The van der Waals surface area contributed by atoms with Gasteiger partial charge in [-0.15, -0.1) is 11.3 Å². The molecule has 0 atom stereocenters. The maximum Gasteiger partial charge on any atom is 0.164 e. The summed E-state index contributed by atoms with van der Waals surface area (Å²) < 4.78 is 3.66. The van der Waals surface area contributed by atoms with Crippen LogP contribution in [0.5, 0.6) is 0 Å². The first-order valence-electron chi connectivity index (χ1n) is 22.2. The van der Waals surface area contributed by atoms with Gasteiger partial charge in [-0.05, 0) is 120 Å². The SMILES string of the molecule is c1ccc(-c2ccc3c(c2)c2cc4c5ccccc5c5cc(-c6cccc7ccsc67)ccc5c4cc2n3-c2cc(-c3cccc4cccnc34)nc(-c3cccc4cccnc34)n2)cc1. The van der Waals surface area contributed by atoms with Crippen LogP contribution in [0.4, 0.5) is 0 Å². The summed E-state index contributed by atoms with van der Waals surface area (Å²) in [6.45, 7) is 0. The zero-order chi connectivity index (χ0) is 43.3. The molecule has 0 unspecified atom stereocenters. The van der Waals surface area contributed by atoms with Crippen LogP contribution in [0.2, 0.25) is 0 Å². The van der Waals surface area contributed by atoms with Crippen molar-refractivity contribution in [2.24, 2.45) is 0 Å². The minimum absolute atomic E-state index is 0.598. The van der Waals surface area contributed by atoms with Gasteiger partial charge in [0.05, 0.1) is 27.8 Å². The van der Waals surface area contributed by atoms with E-state index in [2.05, 4.69) is 192 Å². The fourth-order valence-corrected chi connectivity index (χ4v) is 11.2. The fraction of sp³-hybridized carbons (Fsp3) is 0. The van der Waals surface area contributed by atoms with E-state index in [4.69, 9.17) is 19.9 Å². The number of fused-ring (bicyclic) bond motifs is 12. The van der Waals surface area contributed by atoms with Gasteiger partial charge in [0.25, 0.3) is 0 Å². The summed E-state index contributed by atoms with van der Waals surface area (Å²) in [6.07, 6.45) is 3.69. The summed E-state index contributed by atoms with van der Waals surface area (Å²) in [6, 6.07) is 69.9. The third-order valence-electron chi connectivity index (χ3n) is 13.3. The van der Waals surface area contributed by atoms with E-state index in [0.717, 1.165) is 71.8 Å². The zero-order valence-electron chi connectivity index (χ0n) is 35.4. The number of aromatic nitrogens is 5. The predicted octanol–water partition coefficient (Wildman–Crippen LogP) is 16.0. The molecule has 0 saturated heterocycles. The first-order valence-corrected chi connectivity index (χ1v) is 23.1. The summed E-state index contributed by atoms with van der Waals surface area (Å²) in [5.74, 6) is 1.36. The van der Waals surface area contributed by atoms with E-state index in [0.29, 0.717) is 5.82 Å². The lowest BCUT2D eigenvalue weighted by Crippen LogP contribution is -2.03. The van der Waals surface area contributed by atoms with Crippen molar-refractivity contribution in [1.82, 2.24) is 24.5 Å². The van der Waals surface area contributed by atoms with Crippen molar-refractivity contribution in [3.63, 3.8) is 0 Å². The molecule has 5 nitrogen and oxygen atoms in total. The van der Waals surface area contributed by atoms with Gasteiger partial charge in [-0.2, -0.15) is 0 Å². The smallest absolute Gasteiger partial charge is 0.164 e. The van der Waals surface area contributed by atoms with Crippen LogP contribution in [-0.2, 0) is 0 Å². The van der Waals surface area contributed by atoms with E-state index >= 15 is 0 Å². The van der Waals surface area contributed by atoms with Crippen LogP contribution in [0.1, 0.15) is 0 Å². The quantitative estimate of drug-likeness (QED) is 0.162. The van der Waals surface area contributed by atoms with E-state index in [1.165, 1.54) is 59.1 Å². The molecule has 0 fully saturated rings. The topological polar surface area (TPSA) is 56.5 Å². The summed E-state index contributed by atoms with van der Waals surface area (Å²) >= 11 is 1.80. The first kappa shape index (κ1) is 36.9. The Morgan fingerprint density at radius 2 is 0.985 bits per heavy atom. The average Bonchev–Trinajstić information content (AvgIpc) is 4.00. The van der Waals surface area contributed by atoms with Crippen molar-refractivity contribution in [1.29, 1.82) is 0 Å². The van der Waals surface area contributed by atoms with Gasteiger partial charge in [0.1, 0.15) is 5.82 Å². The predicted molar refractivity (Wildman–Crippen MR) is 277 cm³/mol. The van der Waals surface area contributed by atoms with Crippen molar-refractivity contribution in [2.45, 2.75) is 0 Å². The number of nitrogens with zero attached hydrogens (tertiary/aromatic N) is 5. The number of hydrogen-bond donors (Lipinski definition) is 0. The van der Waals surface area contributed by atoms with Crippen LogP contribution >= 0.6 is 11.3 Å². The molecule has 0 saturated carbocycles. The summed E-state index contributed by atoms with van der Waals surface area (Å²) in [5.41, 5.74) is 11.3. The van der Waals surface area contributed by atoms with Gasteiger partial charge >= 0.3 is 0 Å². The highest BCUT2D eigenvalue weighted by atomic mass is 32.1. The molecule has 0 aliphatic rings. The van der Waals surface area contributed by atoms with Crippen LogP contribution < -0.4 is 0 Å². The zero-order valence-corrected chi connectivity index (χ0v) is 36.2. The Morgan fingerprint density at radius 3 is 1.79 bits per heavy atom. The number of para-hydroxylation sites is 2. The van der Waals surface area contributed by atoms with Crippen LogP contribution in [0.25, 0.3) is 137 Å².